The van der Waals surface area contributed by atoms with Gasteiger partial charge in [-0.15, -0.1) is 0 Å². The lowest BCUT2D eigenvalue weighted by Crippen LogP contribution is -2.03. The van der Waals surface area contributed by atoms with E-state index in [9.17, 15) is 8.42 Å². The Morgan fingerprint density at radius 2 is 2.00 bits per heavy atom. The van der Waals surface area contributed by atoms with E-state index in [1.165, 1.54) is 19.2 Å². The summed E-state index contributed by atoms with van der Waals surface area (Å²) in [5.74, 6) is 0.225. The summed E-state index contributed by atoms with van der Waals surface area (Å²) in [7, 11) is -2.85. The summed E-state index contributed by atoms with van der Waals surface area (Å²) in [6, 6.07) is 2.63. The van der Waals surface area contributed by atoms with Gasteiger partial charge in [-0.1, -0.05) is 0 Å². The molecule has 0 bridgehead atoms. The van der Waals surface area contributed by atoms with Crippen molar-refractivity contribution in [1.82, 2.24) is 0 Å². The molecule has 0 saturated carbocycles. The molecule has 1 rings (SSSR count). The summed E-state index contributed by atoms with van der Waals surface area (Å²) in [4.78, 5) is -0.191. The quantitative estimate of drug-likeness (QED) is 0.565. The van der Waals surface area contributed by atoms with E-state index in [2.05, 4.69) is 0 Å². The highest BCUT2D eigenvalue weighted by atomic mass is 32.2. The Hall–Kier alpha value is -1.27. The Bertz CT molecular complexity index is 453. The molecule has 1 aromatic carbocycles. The number of rotatable bonds is 2. The van der Waals surface area contributed by atoms with Crippen molar-refractivity contribution in [2.24, 2.45) is 0 Å². The van der Waals surface area contributed by atoms with Crippen LogP contribution in [0.4, 0.5) is 5.69 Å². The maximum Gasteiger partial charge on any atom is 0.294 e. The zero-order valence-electron chi connectivity index (χ0n) is 7.81. The van der Waals surface area contributed by atoms with E-state index in [1.807, 2.05) is 0 Å². The fourth-order valence-corrected chi connectivity index (χ4v) is 1.87. The first-order chi connectivity index (χ1) is 6.36. The molecule has 0 heterocycles. The van der Waals surface area contributed by atoms with Gasteiger partial charge in [0.15, 0.2) is 0 Å². The van der Waals surface area contributed by atoms with Crippen molar-refractivity contribution in [3.63, 3.8) is 0 Å². The Balaban J connectivity index is 3.47. The first-order valence-corrected chi connectivity index (χ1v) is 5.22. The second-order valence-electron chi connectivity index (χ2n) is 2.83. The van der Waals surface area contributed by atoms with Crippen LogP contribution in [-0.4, -0.2) is 20.1 Å². The Morgan fingerprint density at radius 1 is 1.43 bits per heavy atom. The Morgan fingerprint density at radius 3 is 2.43 bits per heavy atom. The van der Waals surface area contributed by atoms with Crippen LogP contribution in [0.2, 0.25) is 0 Å². The summed E-state index contributed by atoms with van der Waals surface area (Å²) in [5.41, 5.74) is 6.25. The molecule has 78 valence electrons. The second kappa shape index (κ2) is 3.47. The highest BCUT2D eigenvalue weighted by molar-refractivity contribution is 7.85. The summed E-state index contributed by atoms with van der Waals surface area (Å²) < 4.78 is 35.5. The highest BCUT2D eigenvalue weighted by Crippen LogP contribution is 2.27. The topological polar surface area (TPSA) is 89.6 Å². The molecule has 0 radical (unpaired) electrons. The number of benzene rings is 1. The third-order valence-electron chi connectivity index (χ3n) is 1.81. The van der Waals surface area contributed by atoms with Gasteiger partial charge in [-0.05, 0) is 18.6 Å². The van der Waals surface area contributed by atoms with Gasteiger partial charge >= 0.3 is 0 Å². The van der Waals surface area contributed by atoms with Crippen molar-refractivity contribution in [2.45, 2.75) is 11.8 Å². The lowest BCUT2D eigenvalue weighted by molar-refractivity contribution is 0.414. The maximum absolute atomic E-state index is 10.9. The first-order valence-electron chi connectivity index (χ1n) is 3.78. The van der Waals surface area contributed by atoms with Crippen molar-refractivity contribution < 1.29 is 17.7 Å². The monoisotopic (exact) mass is 217 g/mol. The fourth-order valence-electron chi connectivity index (χ4n) is 1.15. The normalized spacial score (nSPS) is 11.4. The largest absolute Gasteiger partial charge is 0.495 e. The second-order valence-corrected chi connectivity index (χ2v) is 4.22. The lowest BCUT2D eigenvalue weighted by Gasteiger charge is -2.08. The van der Waals surface area contributed by atoms with E-state index >= 15 is 0 Å². The van der Waals surface area contributed by atoms with Crippen LogP contribution in [0, 0.1) is 6.92 Å². The summed E-state index contributed by atoms with van der Waals surface area (Å²) in [6.07, 6.45) is 0. The number of anilines is 1. The Kier molecular flexibility index (Phi) is 2.68. The minimum absolute atomic E-state index is 0.191. The van der Waals surface area contributed by atoms with E-state index < -0.39 is 10.1 Å². The van der Waals surface area contributed by atoms with E-state index in [0.29, 0.717) is 11.3 Å². The SMILES string of the molecule is COc1cc(S(=O)(=O)O)c(C)cc1N. The van der Waals surface area contributed by atoms with E-state index in [0.717, 1.165) is 0 Å². The first kappa shape index (κ1) is 10.8. The van der Waals surface area contributed by atoms with Gasteiger partial charge in [-0.3, -0.25) is 4.55 Å². The molecule has 5 nitrogen and oxygen atoms in total. The van der Waals surface area contributed by atoms with Gasteiger partial charge < -0.3 is 10.5 Å². The van der Waals surface area contributed by atoms with Gasteiger partial charge in [0, 0.05) is 6.07 Å². The average molecular weight is 217 g/mol. The molecule has 0 atom stereocenters. The van der Waals surface area contributed by atoms with Gasteiger partial charge in [0.25, 0.3) is 10.1 Å². The smallest absolute Gasteiger partial charge is 0.294 e. The van der Waals surface area contributed by atoms with Crippen LogP contribution in [0.3, 0.4) is 0 Å². The molecule has 14 heavy (non-hydrogen) atoms. The third kappa shape index (κ3) is 1.97. The third-order valence-corrected chi connectivity index (χ3v) is 2.80. The van der Waals surface area contributed by atoms with E-state index in [1.54, 1.807) is 6.92 Å². The molecule has 0 fully saturated rings. The van der Waals surface area contributed by atoms with Crippen molar-refractivity contribution in [1.29, 1.82) is 0 Å². The van der Waals surface area contributed by atoms with Crippen molar-refractivity contribution in [3.8, 4) is 5.75 Å². The molecule has 0 aliphatic rings. The molecule has 0 saturated heterocycles. The zero-order chi connectivity index (χ0) is 10.9. The molecule has 1 aromatic rings. The van der Waals surface area contributed by atoms with Crippen molar-refractivity contribution in [3.05, 3.63) is 17.7 Å². The summed E-state index contributed by atoms with van der Waals surface area (Å²) in [5, 5.41) is 0. The Labute approximate surface area is 82.2 Å². The van der Waals surface area contributed by atoms with E-state index in [-0.39, 0.29) is 10.6 Å². The van der Waals surface area contributed by atoms with Crippen LogP contribution in [0.15, 0.2) is 17.0 Å². The van der Waals surface area contributed by atoms with Crippen molar-refractivity contribution in [2.75, 3.05) is 12.8 Å². The van der Waals surface area contributed by atoms with Crippen LogP contribution < -0.4 is 10.5 Å². The molecule has 0 aliphatic heterocycles. The molecule has 0 unspecified atom stereocenters. The molecule has 0 spiro atoms. The van der Waals surface area contributed by atoms with Crippen LogP contribution >= 0.6 is 0 Å². The fraction of sp³-hybridized carbons (Fsp3) is 0.250. The molecular weight excluding hydrogens is 206 g/mol. The molecule has 0 amide bonds. The maximum atomic E-state index is 10.9. The van der Waals surface area contributed by atoms with Crippen LogP contribution in [-0.2, 0) is 10.1 Å². The summed E-state index contributed by atoms with van der Waals surface area (Å²) >= 11 is 0. The lowest BCUT2D eigenvalue weighted by atomic mass is 10.2. The van der Waals surface area contributed by atoms with Crippen LogP contribution in [0.25, 0.3) is 0 Å². The average Bonchev–Trinajstić information content (AvgIpc) is 2.02. The molecule has 0 aliphatic carbocycles. The van der Waals surface area contributed by atoms with Gasteiger partial charge in [0.05, 0.1) is 12.8 Å². The number of aryl methyl sites for hydroxylation is 1. The standard InChI is InChI=1S/C8H11NO4S/c1-5-3-6(9)7(13-2)4-8(5)14(10,11)12/h3-4H,9H2,1-2H3,(H,10,11,12). The van der Waals surface area contributed by atoms with Gasteiger partial charge in [0.1, 0.15) is 10.6 Å². The number of hydrogen-bond acceptors (Lipinski definition) is 4. The van der Waals surface area contributed by atoms with Crippen LogP contribution in [0.1, 0.15) is 5.56 Å². The number of nitrogens with two attached hydrogens (primary N) is 1. The van der Waals surface area contributed by atoms with Crippen molar-refractivity contribution >= 4 is 15.8 Å². The number of nitrogen functional groups attached to an aromatic ring is 1. The van der Waals surface area contributed by atoms with Crippen LogP contribution in [0.5, 0.6) is 5.75 Å². The highest BCUT2D eigenvalue weighted by Gasteiger charge is 2.15. The minimum atomic E-state index is -4.22. The number of hydrogen-bond donors (Lipinski definition) is 2. The predicted molar refractivity (Wildman–Crippen MR) is 52.0 cm³/mol. The van der Waals surface area contributed by atoms with E-state index in [4.69, 9.17) is 15.0 Å². The van der Waals surface area contributed by atoms with Gasteiger partial charge in [0.2, 0.25) is 0 Å². The zero-order valence-corrected chi connectivity index (χ0v) is 8.63. The predicted octanol–water partition coefficient (Wildman–Crippen LogP) is 0.833. The number of methoxy groups -OCH3 is 1. The molecule has 6 heteroatoms. The minimum Gasteiger partial charge on any atom is -0.495 e. The van der Waals surface area contributed by atoms with Gasteiger partial charge in [-0.2, -0.15) is 8.42 Å². The summed E-state index contributed by atoms with van der Waals surface area (Å²) in [6.45, 7) is 1.54. The molecular formula is C8H11NO4S. The molecule has 3 N–H and O–H groups in total. The number of ether oxygens (including phenoxy) is 1. The van der Waals surface area contributed by atoms with Gasteiger partial charge in [-0.25, -0.2) is 0 Å². The molecule has 0 aromatic heterocycles.